The van der Waals surface area contributed by atoms with Crippen molar-refractivity contribution in [2.75, 3.05) is 11.6 Å². The Morgan fingerprint density at radius 1 is 1.33 bits per heavy atom. The van der Waals surface area contributed by atoms with Gasteiger partial charge in [0.2, 0.25) is 0 Å². The van der Waals surface area contributed by atoms with Crippen molar-refractivity contribution in [1.29, 1.82) is 0 Å². The third-order valence-electron chi connectivity index (χ3n) is 2.62. The van der Waals surface area contributed by atoms with Crippen LogP contribution in [0.15, 0.2) is 39.8 Å². The van der Waals surface area contributed by atoms with Gasteiger partial charge in [0, 0.05) is 18.0 Å². The Morgan fingerprint density at radius 2 is 2.10 bits per heavy atom. The lowest BCUT2D eigenvalue weighted by Gasteiger charge is -2.07. The number of benzene rings is 1. The highest BCUT2D eigenvalue weighted by Crippen LogP contribution is 2.15. The van der Waals surface area contributed by atoms with Gasteiger partial charge in [0.25, 0.3) is 0 Å². The first kappa shape index (κ1) is 15.0. The molecule has 112 valence electrons. The maximum absolute atomic E-state index is 11.7. The lowest BCUT2D eigenvalue weighted by Crippen LogP contribution is -2.28. The molecule has 1 aromatic carbocycles. The van der Waals surface area contributed by atoms with Gasteiger partial charge in [-0.15, -0.1) is 0 Å². The maximum Gasteiger partial charge on any atom is 0.319 e. The second-order valence-electron chi connectivity index (χ2n) is 4.54. The summed E-state index contributed by atoms with van der Waals surface area (Å²) < 4.78 is 27.8. The molecule has 0 aliphatic rings. The van der Waals surface area contributed by atoms with E-state index in [1.54, 1.807) is 25.1 Å². The fraction of sp³-hybridized carbons (Fsp3) is 0.231. The zero-order valence-electron chi connectivity index (χ0n) is 11.6. The van der Waals surface area contributed by atoms with Gasteiger partial charge in [-0.3, -0.25) is 0 Å². The molecular formula is C13H15N3O4S. The molecule has 0 aliphatic heterocycles. The third kappa shape index (κ3) is 4.32. The molecule has 0 saturated heterocycles. The van der Waals surface area contributed by atoms with Gasteiger partial charge in [0.05, 0.1) is 17.1 Å². The first-order valence-electron chi connectivity index (χ1n) is 6.12. The molecule has 0 spiro atoms. The smallest absolute Gasteiger partial charge is 0.319 e. The van der Waals surface area contributed by atoms with Crippen LogP contribution in [0.25, 0.3) is 0 Å². The van der Waals surface area contributed by atoms with Crippen molar-refractivity contribution in [3.05, 3.63) is 41.8 Å². The lowest BCUT2D eigenvalue weighted by molar-refractivity contribution is 0.250. The van der Waals surface area contributed by atoms with Crippen LogP contribution in [0.5, 0.6) is 0 Å². The molecule has 0 unspecified atom stereocenters. The Labute approximate surface area is 122 Å². The summed E-state index contributed by atoms with van der Waals surface area (Å²) in [7, 11) is -3.31. The van der Waals surface area contributed by atoms with E-state index < -0.39 is 15.9 Å². The minimum absolute atomic E-state index is 0.145. The molecule has 2 aromatic rings. The average molecular weight is 309 g/mol. The Morgan fingerprint density at radius 3 is 2.71 bits per heavy atom. The summed E-state index contributed by atoms with van der Waals surface area (Å²) in [6.07, 6.45) is 1.11. The summed E-state index contributed by atoms with van der Waals surface area (Å²) in [4.78, 5) is 11.9. The fourth-order valence-electron chi connectivity index (χ4n) is 1.65. The molecular weight excluding hydrogens is 294 g/mol. The normalized spacial score (nSPS) is 11.1. The standard InChI is InChI=1S/C13H15N3O4S/c1-9-6-11(20-16-9)8-14-13(17)15-10-4-3-5-12(7-10)21(2,18)19/h3-7H,8H2,1-2H3,(H2,14,15,17). The third-order valence-corrected chi connectivity index (χ3v) is 3.73. The minimum atomic E-state index is -3.31. The molecule has 0 bridgehead atoms. The number of hydrogen-bond acceptors (Lipinski definition) is 5. The number of urea groups is 1. The highest BCUT2D eigenvalue weighted by atomic mass is 32.2. The van der Waals surface area contributed by atoms with Crippen LogP contribution in [-0.4, -0.2) is 25.9 Å². The van der Waals surface area contributed by atoms with E-state index in [1.807, 2.05) is 0 Å². The number of carbonyl (C=O) groups excluding carboxylic acids is 1. The number of amides is 2. The number of rotatable bonds is 4. The van der Waals surface area contributed by atoms with E-state index in [1.165, 1.54) is 12.1 Å². The van der Waals surface area contributed by atoms with Gasteiger partial charge in [-0.1, -0.05) is 11.2 Å². The molecule has 2 amide bonds. The van der Waals surface area contributed by atoms with E-state index in [9.17, 15) is 13.2 Å². The molecule has 0 aliphatic carbocycles. The van der Waals surface area contributed by atoms with Gasteiger partial charge in [-0.25, -0.2) is 13.2 Å². The van der Waals surface area contributed by atoms with Gasteiger partial charge < -0.3 is 15.2 Å². The van der Waals surface area contributed by atoms with Crippen LogP contribution in [0.3, 0.4) is 0 Å². The number of sulfone groups is 1. The Hall–Kier alpha value is -2.35. The van der Waals surface area contributed by atoms with Crippen molar-refractivity contribution in [1.82, 2.24) is 10.5 Å². The van der Waals surface area contributed by atoms with Gasteiger partial charge in [-0.05, 0) is 25.1 Å². The van der Waals surface area contributed by atoms with Crippen molar-refractivity contribution in [3.8, 4) is 0 Å². The predicted octanol–water partition coefficient (Wildman–Crippen LogP) is 1.71. The van der Waals surface area contributed by atoms with Gasteiger partial charge in [-0.2, -0.15) is 0 Å². The van der Waals surface area contributed by atoms with E-state index in [0.717, 1.165) is 11.9 Å². The second kappa shape index (κ2) is 5.96. The lowest BCUT2D eigenvalue weighted by atomic mass is 10.3. The molecule has 0 saturated carbocycles. The van der Waals surface area contributed by atoms with Gasteiger partial charge in [0.1, 0.15) is 0 Å². The topological polar surface area (TPSA) is 101 Å². The monoisotopic (exact) mass is 309 g/mol. The van der Waals surface area contributed by atoms with E-state index in [2.05, 4.69) is 15.8 Å². The Balaban J connectivity index is 1.96. The quantitative estimate of drug-likeness (QED) is 0.895. The molecule has 8 heteroatoms. The summed E-state index contributed by atoms with van der Waals surface area (Å²) in [5.74, 6) is 0.535. The summed E-state index contributed by atoms with van der Waals surface area (Å²) in [5, 5.41) is 8.84. The molecule has 7 nitrogen and oxygen atoms in total. The molecule has 2 rings (SSSR count). The zero-order chi connectivity index (χ0) is 15.5. The molecule has 0 atom stereocenters. The largest absolute Gasteiger partial charge is 0.359 e. The highest BCUT2D eigenvalue weighted by molar-refractivity contribution is 7.90. The fourth-order valence-corrected chi connectivity index (χ4v) is 2.31. The summed E-state index contributed by atoms with van der Waals surface area (Å²) in [5.41, 5.74) is 1.12. The molecule has 1 aromatic heterocycles. The van der Waals surface area contributed by atoms with Gasteiger partial charge >= 0.3 is 6.03 Å². The number of nitrogens with one attached hydrogen (secondary N) is 2. The highest BCUT2D eigenvalue weighted by Gasteiger charge is 2.09. The van der Waals surface area contributed by atoms with Gasteiger partial charge in [0.15, 0.2) is 15.6 Å². The van der Waals surface area contributed by atoms with Crippen LogP contribution in [0.4, 0.5) is 10.5 Å². The summed E-state index contributed by atoms with van der Waals surface area (Å²) in [6, 6.07) is 7.28. The van der Waals surface area contributed by atoms with Crippen molar-refractivity contribution >= 4 is 21.6 Å². The molecule has 1 heterocycles. The average Bonchev–Trinajstić information content (AvgIpc) is 2.82. The predicted molar refractivity (Wildman–Crippen MR) is 76.7 cm³/mol. The number of aryl methyl sites for hydroxylation is 1. The Bertz CT molecular complexity index is 752. The molecule has 2 N–H and O–H groups in total. The van der Waals surface area contributed by atoms with Crippen LogP contribution >= 0.6 is 0 Å². The van der Waals surface area contributed by atoms with Crippen LogP contribution < -0.4 is 10.6 Å². The first-order valence-corrected chi connectivity index (χ1v) is 8.01. The summed E-state index contributed by atoms with van der Waals surface area (Å²) >= 11 is 0. The van der Waals surface area contributed by atoms with E-state index >= 15 is 0 Å². The van der Waals surface area contributed by atoms with Crippen LogP contribution in [0.2, 0.25) is 0 Å². The van der Waals surface area contributed by atoms with Crippen molar-refractivity contribution in [3.63, 3.8) is 0 Å². The zero-order valence-corrected chi connectivity index (χ0v) is 12.4. The SMILES string of the molecule is Cc1cc(CNC(=O)Nc2cccc(S(C)(=O)=O)c2)on1. The summed E-state index contributed by atoms with van der Waals surface area (Å²) in [6.45, 7) is 1.97. The molecule has 0 fully saturated rings. The number of carbonyl (C=O) groups is 1. The van der Waals surface area contributed by atoms with Crippen molar-refractivity contribution in [2.45, 2.75) is 18.4 Å². The second-order valence-corrected chi connectivity index (χ2v) is 6.56. The number of nitrogens with zero attached hydrogens (tertiary/aromatic N) is 1. The van der Waals surface area contributed by atoms with E-state index in [0.29, 0.717) is 11.4 Å². The van der Waals surface area contributed by atoms with Crippen molar-refractivity contribution in [2.24, 2.45) is 0 Å². The maximum atomic E-state index is 11.7. The van der Waals surface area contributed by atoms with Crippen molar-refractivity contribution < 1.29 is 17.7 Å². The number of aromatic nitrogens is 1. The molecule has 0 radical (unpaired) electrons. The van der Waals surface area contributed by atoms with E-state index in [-0.39, 0.29) is 11.4 Å². The number of hydrogen-bond donors (Lipinski definition) is 2. The first-order chi connectivity index (χ1) is 9.84. The van der Waals surface area contributed by atoms with E-state index in [4.69, 9.17) is 4.52 Å². The minimum Gasteiger partial charge on any atom is -0.359 e. The van der Waals surface area contributed by atoms with Crippen LogP contribution in [-0.2, 0) is 16.4 Å². The Kier molecular flexibility index (Phi) is 4.27. The van der Waals surface area contributed by atoms with Crippen LogP contribution in [0.1, 0.15) is 11.5 Å². The van der Waals surface area contributed by atoms with Crippen LogP contribution in [0, 0.1) is 6.92 Å². The molecule has 21 heavy (non-hydrogen) atoms. The number of anilines is 1.